The molecule has 0 aliphatic carbocycles. The minimum atomic E-state index is 0.509. The van der Waals surface area contributed by atoms with Crippen LogP contribution >= 0.6 is 15.9 Å². The second-order valence-corrected chi connectivity index (χ2v) is 6.41. The molecule has 0 unspecified atom stereocenters. The molecule has 2 rings (SSSR count). The van der Waals surface area contributed by atoms with Crippen molar-refractivity contribution in [1.29, 1.82) is 0 Å². The smallest absolute Gasteiger partial charge is 0.133 e. The molecule has 0 spiro atoms. The van der Waals surface area contributed by atoms with Gasteiger partial charge in [-0.05, 0) is 40.3 Å². The van der Waals surface area contributed by atoms with Crippen LogP contribution in [0.5, 0.6) is 0 Å². The van der Waals surface area contributed by atoms with Gasteiger partial charge in [-0.15, -0.1) is 0 Å². The van der Waals surface area contributed by atoms with Crippen LogP contribution in [0.25, 0.3) is 0 Å². The summed E-state index contributed by atoms with van der Waals surface area (Å²) in [6.45, 7) is 7.41. The first-order chi connectivity index (χ1) is 8.58. The van der Waals surface area contributed by atoms with Gasteiger partial charge in [0.2, 0.25) is 0 Å². The van der Waals surface area contributed by atoms with Crippen LogP contribution in [-0.4, -0.2) is 18.1 Å². The van der Waals surface area contributed by atoms with Gasteiger partial charge in [-0.2, -0.15) is 0 Å². The molecule has 2 N–H and O–H groups in total. The quantitative estimate of drug-likeness (QED) is 0.931. The number of halogens is 1. The maximum absolute atomic E-state index is 5.82. The Morgan fingerprint density at radius 2 is 2.11 bits per heavy atom. The fourth-order valence-corrected chi connectivity index (χ4v) is 2.90. The lowest BCUT2D eigenvalue weighted by Crippen LogP contribution is -2.39. The Bertz CT molecular complexity index is 412. The van der Waals surface area contributed by atoms with Crippen LogP contribution in [0.3, 0.4) is 0 Å². The standard InChI is InChI=1S/C14H22BrN3/c1-3-14(2)4-6-18(7-5-14)13-11(9-16)8-12(15)10-17-13/h8,10H,3-7,9,16H2,1-2H3. The van der Waals surface area contributed by atoms with Gasteiger partial charge in [-0.1, -0.05) is 20.3 Å². The summed E-state index contributed by atoms with van der Waals surface area (Å²) in [5, 5.41) is 0. The monoisotopic (exact) mass is 311 g/mol. The average Bonchev–Trinajstić information content (AvgIpc) is 2.40. The highest BCUT2D eigenvalue weighted by Crippen LogP contribution is 2.36. The van der Waals surface area contributed by atoms with E-state index in [2.05, 4.69) is 45.7 Å². The minimum Gasteiger partial charge on any atom is -0.356 e. The Labute approximate surface area is 118 Å². The first kappa shape index (κ1) is 13.8. The van der Waals surface area contributed by atoms with Gasteiger partial charge >= 0.3 is 0 Å². The molecular weight excluding hydrogens is 290 g/mol. The predicted molar refractivity (Wildman–Crippen MR) is 79.7 cm³/mol. The van der Waals surface area contributed by atoms with Crippen LogP contribution in [0.2, 0.25) is 0 Å². The van der Waals surface area contributed by atoms with Gasteiger partial charge in [0, 0.05) is 35.9 Å². The van der Waals surface area contributed by atoms with Gasteiger partial charge in [0.1, 0.15) is 5.82 Å². The van der Waals surface area contributed by atoms with E-state index in [1.165, 1.54) is 19.3 Å². The van der Waals surface area contributed by atoms with Crippen molar-refractivity contribution in [3.05, 3.63) is 22.3 Å². The summed E-state index contributed by atoms with van der Waals surface area (Å²) in [7, 11) is 0. The zero-order chi connectivity index (χ0) is 13.2. The molecule has 1 aromatic heterocycles. The Balaban J connectivity index is 2.14. The lowest BCUT2D eigenvalue weighted by atomic mass is 9.78. The van der Waals surface area contributed by atoms with Crippen LogP contribution in [0.15, 0.2) is 16.7 Å². The molecule has 0 amide bonds. The van der Waals surface area contributed by atoms with E-state index < -0.39 is 0 Å². The summed E-state index contributed by atoms with van der Waals surface area (Å²) in [5.74, 6) is 1.07. The molecule has 2 heterocycles. The molecule has 1 aromatic rings. The van der Waals surface area contributed by atoms with Crippen molar-refractivity contribution in [2.24, 2.45) is 11.1 Å². The second kappa shape index (κ2) is 5.57. The van der Waals surface area contributed by atoms with Crippen molar-refractivity contribution >= 4 is 21.7 Å². The minimum absolute atomic E-state index is 0.509. The average molecular weight is 312 g/mol. The molecule has 0 aromatic carbocycles. The maximum atomic E-state index is 5.82. The van der Waals surface area contributed by atoms with Crippen LogP contribution in [0, 0.1) is 5.41 Å². The predicted octanol–water partition coefficient (Wildman–Crippen LogP) is 3.32. The molecule has 18 heavy (non-hydrogen) atoms. The summed E-state index contributed by atoms with van der Waals surface area (Å²) in [5.41, 5.74) is 7.46. The van der Waals surface area contributed by atoms with E-state index in [4.69, 9.17) is 5.73 Å². The lowest BCUT2D eigenvalue weighted by molar-refractivity contribution is 0.237. The summed E-state index contributed by atoms with van der Waals surface area (Å²) in [4.78, 5) is 6.93. The normalized spacial score (nSPS) is 19.0. The number of anilines is 1. The first-order valence-electron chi connectivity index (χ1n) is 6.67. The Morgan fingerprint density at radius 1 is 1.44 bits per heavy atom. The lowest BCUT2D eigenvalue weighted by Gasteiger charge is -2.40. The van der Waals surface area contributed by atoms with Crippen molar-refractivity contribution in [2.45, 2.75) is 39.7 Å². The zero-order valence-electron chi connectivity index (χ0n) is 11.2. The molecule has 0 bridgehead atoms. The van der Waals surface area contributed by atoms with Crippen molar-refractivity contribution < 1.29 is 0 Å². The molecule has 3 nitrogen and oxygen atoms in total. The van der Waals surface area contributed by atoms with Crippen LogP contribution in [-0.2, 0) is 6.54 Å². The molecule has 0 atom stereocenters. The number of aromatic nitrogens is 1. The first-order valence-corrected chi connectivity index (χ1v) is 7.47. The van der Waals surface area contributed by atoms with Crippen molar-refractivity contribution in [3.8, 4) is 0 Å². The number of nitrogens with zero attached hydrogens (tertiary/aromatic N) is 2. The van der Waals surface area contributed by atoms with Crippen LogP contribution in [0.1, 0.15) is 38.7 Å². The third kappa shape index (κ3) is 2.86. The van der Waals surface area contributed by atoms with E-state index >= 15 is 0 Å². The molecule has 0 radical (unpaired) electrons. The van der Waals surface area contributed by atoms with E-state index in [0.717, 1.165) is 28.9 Å². The molecule has 1 fully saturated rings. The van der Waals surface area contributed by atoms with Crippen LogP contribution in [0.4, 0.5) is 5.82 Å². The zero-order valence-corrected chi connectivity index (χ0v) is 12.8. The second-order valence-electron chi connectivity index (χ2n) is 5.49. The summed E-state index contributed by atoms with van der Waals surface area (Å²) < 4.78 is 1.00. The fourth-order valence-electron chi connectivity index (χ4n) is 2.52. The fraction of sp³-hybridized carbons (Fsp3) is 0.643. The van der Waals surface area contributed by atoms with Crippen LogP contribution < -0.4 is 10.6 Å². The number of piperidine rings is 1. The van der Waals surface area contributed by atoms with E-state index in [9.17, 15) is 0 Å². The topological polar surface area (TPSA) is 42.2 Å². The molecule has 0 saturated carbocycles. The molecule has 1 saturated heterocycles. The van der Waals surface area contributed by atoms with Gasteiger partial charge < -0.3 is 10.6 Å². The number of rotatable bonds is 3. The molecule has 1 aliphatic heterocycles. The van der Waals surface area contributed by atoms with Crippen molar-refractivity contribution in [3.63, 3.8) is 0 Å². The SMILES string of the molecule is CCC1(C)CCN(c2ncc(Br)cc2CN)CC1. The largest absolute Gasteiger partial charge is 0.356 e. The van der Waals surface area contributed by atoms with Gasteiger partial charge in [0.15, 0.2) is 0 Å². The number of pyridine rings is 1. The molecule has 1 aliphatic rings. The third-order valence-corrected chi connectivity index (χ3v) is 4.69. The number of hydrogen-bond donors (Lipinski definition) is 1. The molecule has 4 heteroatoms. The highest BCUT2D eigenvalue weighted by molar-refractivity contribution is 9.10. The Hall–Kier alpha value is -0.610. The van der Waals surface area contributed by atoms with Gasteiger partial charge in [0.25, 0.3) is 0 Å². The van der Waals surface area contributed by atoms with E-state index in [1.807, 2.05) is 6.20 Å². The highest BCUT2D eigenvalue weighted by atomic mass is 79.9. The van der Waals surface area contributed by atoms with Gasteiger partial charge in [-0.25, -0.2) is 4.98 Å². The summed E-state index contributed by atoms with van der Waals surface area (Å²) >= 11 is 3.45. The molecule has 100 valence electrons. The number of nitrogens with two attached hydrogens (primary N) is 1. The van der Waals surface area contributed by atoms with Crippen molar-refractivity contribution in [2.75, 3.05) is 18.0 Å². The summed E-state index contributed by atoms with van der Waals surface area (Å²) in [6, 6.07) is 2.08. The highest BCUT2D eigenvalue weighted by Gasteiger charge is 2.29. The van der Waals surface area contributed by atoms with E-state index in [-0.39, 0.29) is 0 Å². The van der Waals surface area contributed by atoms with E-state index in [1.54, 1.807) is 0 Å². The maximum Gasteiger partial charge on any atom is 0.133 e. The van der Waals surface area contributed by atoms with E-state index in [0.29, 0.717) is 12.0 Å². The third-order valence-electron chi connectivity index (χ3n) is 4.25. The molecular formula is C14H22BrN3. The van der Waals surface area contributed by atoms with Crippen molar-refractivity contribution in [1.82, 2.24) is 4.98 Å². The number of hydrogen-bond acceptors (Lipinski definition) is 3. The van der Waals surface area contributed by atoms with Gasteiger partial charge in [0.05, 0.1) is 0 Å². The summed E-state index contributed by atoms with van der Waals surface area (Å²) in [6.07, 6.45) is 5.61. The van der Waals surface area contributed by atoms with Gasteiger partial charge in [-0.3, -0.25) is 0 Å². The Kier molecular flexibility index (Phi) is 4.28. The Morgan fingerprint density at radius 3 is 2.67 bits per heavy atom.